The second-order valence-corrected chi connectivity index (χ2v) is 6.00. The van der Waals surface area contributed by atoms with Crippen LogP contribution in [0, 0.1) is 0 Å². The van der Waals surface area contributed by atoms with Gasteiger partial charge in [-0.3, -0.25) is 0 Å². The zero-order chi connectivity index (χ0) is 17.8. The largest absolute Gasteiger partial charge is 0.508 e. The number of nitrogens with zero attached hydrogens (tertiary/aromatic N) is 2. The smallest absolute Gasteiger partial charge is 0.136 e. The first kappa shape index (κ1) is 16.6. The molecule has 0 saturated heterocycles. The summed E-state index contributed by atoms with van der Waals surface area (Å²) in [6, 6.07) is 15.5. The second kappa shape index (κ2) is 7.09. The van der Waals surface area contributed by atoms with Crippen molar-refractivity contribution in [1.29, 1.82) is 0 Å². The molecule has 128 valence electrons. The van der Waals surface area contributed by atoms with E-state index in [2.05, 4.69) is 20.6 Å². The summed E-state index contributed by atoms with van der Waals surface area (Å²) >= 11 is 0. The average Bonchev–Trinajstić information content (AvgIpc) is 2.54. The Bertz CT molecular complexity index is 815. The first-order chi connectivity index (χ1) is 12.0. The molecule has 0 aliphatic heterocycles. The predicted octanol–water partition coefficient (Wildman–Crippen LogP) is 4.50. The Morgan fingerprint density at radius 1 is 0.760 bits per heavy atom. The predicted molar refractivity (Wildman–Crippen MR) is 98.9 cm³/mol. The van der Waals surface area contributed by atoms with Gasteiger partial charge >= 0.3 is 0 Å². The summed E-state index contributed by atoms with van der Waals surface area (Å²) in [5.74, 6) is 2.44. The maximum absolute atomic E-state index is 9.60. The van der Waals surface area contributed by atoms with E-state index in [-0.39, 0.29) is 17.4 Å². The first-order valence-corrected chi connectivity index (χ1v) is 8.01. The molecule has 0 saturated carbocycles. The van der Waals surface area contributed by atoms with Crippen LogP contribution in [0.2, 0.25) is 0 Å². The number of hydrogen-bond acceptors (Lipinski definition) is 6. The quantitative estimate of drug-likeness (QED) is 0.548. The Morgan fingerprint density at radius 2 is 1.24 bits per heavy atom. The maximum atomic E-state index is 9.60. The summed E-state index contributed by atoms with van der Waals surface area (Å²) in [6.07, 6.45) is 0. The fourth-order valence-electron chi connectivity index (χ4n) is 2.32. The van der Waals surface area contributed by atoms with Crippen LogP contribution >= 0.6 is 0 Å². The number of phenolic OH excluding ortho intramolecular Hbond substituents is 2. The van der Waals surface area contributed by atoms with Crippen LogP contribution in [-0.4, -0.2) is 20.2 Å². The molecule has 25 heavy (non-hydrogen) atoms. The zero-order valence-electron chi connectivity index (χ0n) is 14.1. The van der Waals surface area contributed by atoms with E-state index < -0.39 is 0 Å². The topological polar surface area (TPSA) is 90.3 Å². The summed E-state index contributed by atoms with van der Waals surface area (Å²) in [7, 11) is 0. The van der Waals surface area contributed by atoms with Crippen LogP contribution in [0.4, 0.5) is 23.0 Å². The van der Waals surface area contributed by atoms with Crippen molar-refractivity contribution in [3.05, 3.63) is 60.4 Å². The Balaban J connectivity index is 1.91. The van der Waals surface area contributed by atoms with Crippen LogP contribution in [0.5, 0.6) is 11.5 Å². The van der Waals surface area contributed by atoms with Gasteiger partial charge in [0.1, 0.15) is 29.0 Å². The molecule has 0 atom stereocenters. The Labute approximate surface area is 146 Å². The summed E-state index contributed by atoms with van der Waals surface area (Å²) in [5.41, 5.74) is 1.47. The monoisotopic (exact) mass is 336 g/mol. The van der Waals surface area contributed by atoms with Gasteiger partial charge in [-0.25, -0.2) is 9.97 Å². The summed E-state index contributed by atoms with van der Waals surface area (Å²) < 4.78 is 0. The first-order valence-electron chi connectivity index (χ1n) is 8.01. The lowest BCUT2D eigenvalue weighted by molar-refractivity contribution is 0.475. The normalized spacial score (nSPS) is 10.7. The molecule has 6 nitrogen and oxygen atoms in total. The van der Waals surface area contributed by atoms with Crippen molar-refractivity contribution in [2.75, 3.05) is 10.6 Å². The van der Waals surface area contributed by atoms with E-state index in [0.717, 1.165) is 11.4 Å². The van der Waals surface area contributed by atoms with E-state index in [4.69, 9.17) is 0 Å². The molecular formula is C19H20N4O2. The van der Waals surface area contributed by atoms with Crippen LogP contribution in [0.3, 0.4) is 0 Å². The van der Waals surface area contributed by atoms with Gasteiger partial charge in [0, 0.05) is 35.5 Å². The van der Waals surface area contributed by atoms with E-state index >= 15 is 0 Å². The molecule has 0 radical (unpaired) electrons. The lowest BCUT2D eigenvalue weighted by atomic mass is 10.2. The number of aromatic nitrogens is 2. The number of hydrogen-bond donors (Lipinski definition) is 4. The third-order valence-corrected chi connectivity index (χ3v) is 3.50. The highest BCUT2D eigenvalue weighted by Crippen LogP contribution is 2.25. The fourth-order valence-corrected chi connectivity index (χ4v) is 2.32. The molecule has 3 aromatic rings. The zero-order valence-corrected chi connectivity index (χ0v) is 14.1. The molecule has 6 heteroatoms. The molecule has 1 heterocycles. The lowest BCUT2D eigenvalue weighted by Crippen LogP contribution is -2.05. The number of rotatable bonds is 5. The van der Waals surface area contributed by atoms with Gasteiger partial charge in [0.2, 0.25) is 0 Å². The Morgan fingerprint density at radius 3 is 1.64 bits per heavy atom. The highest BCUT2D eigenvalue weighted by molar-refractivity contribution is 5.64. The van der Waals surface area contributed by atoms with Crippen molar-refractivity contribution in [2.24, 2.45) is 0 Å². The molecule has 0 spiro atoms. The third-order valence-electron chi connectivity index (χ3n) is 3.50. The van der Waals surface area contributed by atoms with Crippen molar-refractivity contribution < 1.29 is 10.2 Å². The van der Waals surface area contributed by atoms with Crippen LogP contribution in [0.25, 0.3) is 0 Å². The number of nitrogens with one attached hydrogen (secondary N) is 2. The van der Waals surface area contributed by atoms with Crippen molar-refractivity contribution in [3.63, 3.8) is 0 Å². The van der Waals surface area contributed by atoms with E-state index in [1.54, 1.807) is 42.5 Å². The molecule has 4 N–H and O–H groups in total. The van der Waals surface area contributed by atoms with E-state index in [9.17, 15) is 10.2 Å². The summed E-state index contributed by atoms with van der Waals surface area (Å²) in [6.45, 7) is 4.04. The molecule has 0 bridgehead atoms. The maximum Gasteiger partial charge on any atom is 0.136 e. The Hall–Kier alpha value is -3.28. The SMILES string of the molecule is CC(C)c1nc(Nc2cccc(O)c2)cc(Nc2cccc(O)c2)n1. The molecule has 2 aromatic carbocycles. The van der Waals surface area contributed by atoms with Crippen molar-refractivity contribution in [3.8, 4) is 11.5 Å². The average molecular weight is 336 g/mol. The van der Waals surface area contributed by atoms with Gasteiger partial charge in [-0.1, -0.05) is 26.0 Å². The molecule has 0 fully saturated rings. The molecule has 0 aliphatic carbocycles. The molecular weight excluding hydrogens is 316 g/mol. The van der Waals surface area contributed by atoms with Crippen molar-refractivity contribution in [2.45, 2.75) is 19.8 Å². The lowest BCUT2D eigenvalue weighted by Gasteiger charge is -2.13. The van der Waals surface area contributed by atoms with E-state index in [1.807, 2.05) is 26.0 Å². The van der Waals surface area contributed by atoms with Crippen molar-refractivity contribution >= 4 is 23.0 Å². The molecule has 0 unspecified atom stereocenters. The van der Waals surface area contributed by atoms with Crippen LogP contribution in [0.1, 0.15) is 25.6 Å². The van der Waals surface area contributed by atoms with Crippen LogP contribution < -0.4 is 10.6 Å². The van der Waals surface area contributed by atoms with Gasteiger partial charge in [0.25, 0.3) is 0 Å². The standard InChI is InChI=1S/C19H20N4O2/c1-12(2)19-22-17(20-13-5-3-7-15(24)9-13)11-18(23-19)21-14-6-4-8-16(25)10-14/h3-12,24-25H,1-2H3,(H2,20,21,22,23). The Kier molecular flexibility index (Phi) is 4.70. The van der Waals surface area contributed by atoms with Gasteiger partial charge in [-0.2, -0.15) is 0 Å². The van der Waals surface area contributed by atoms with E-state index in [0.29, 0.717) is 17.5 Å². The molecule has 0 amide bonds. The minimum atomic E-state index is 0.149. The van der Waals surface area contributed by atoms with E-state index in [1.165, 1.54) is 0 Å². The van der Waals surface area contributed by atoms with Gasteiger partial charge in [-0.15, -0.1) is 0 Å². The van der Waals surface area contributed by atoms with Gasteiger partial charge < -0.3 is 20.8 Å². The van der Waals surface area contributed by atoms with Crippen LogP contribution in [0.15, 0.2) is 54.6 Å². The van der Waals surface area contributed by atoms with Gasteiger partial charge in [0.05, 0.1) is 0 Å². The summed E-state index contributed by atoms with van der Waals surface area (Å²) in [5, 5.41) is 25.6. The molecule has 0 aliphatic rings. The number of anilines is 4. The summed E-state index contributed by atoms with van der Waals surface area (Å²) in [4.78, 5) is 9.05. The minimum Gasteiger partial charge on any atom is -0.508 e. The van der Waals surface area contributed by atoms with Gasteiger partial charge in [-0.05, 0) is 24.3 Å². The molecule has 3 rings (SSSR count). The molecule has 1 aromatic heterocycles. The third kappa shape index (κ3) is 4.38. The number of phenols is 2. The minimum absolute atomic E-state index is 0.149. The fraction of sp³-hybridized carbons (Fsp3) is 0.158. The number of aromatic hydroxyl groups is 2. The highest BCUT2D eigenvalue weighted by atomic mass is 16.3. The van der Waals surface area contributed by atoms with Crippen LogP contribution in [-0.2, 0) is 0 Å². The highest BCUT2D eigenvalue weighted by Gasteiger charge is 2.09. The number of benzene rings is 2. The van der Waals surface area contributed by atoms with Crippen molar-refractivity contribution in [1.82, 2.24) is 9.97 Å². The van der Waals surface area contributed by atoms with Gasteiger partial charge in [0.15, 0.2) is 0 Å². The second-order valence-electron chi connectivity index (χ2n) is 6.00.